The molecule has 2 amide bonds. The van der Waals surface area contributed by atoms with E-state index in [4.69, 9.17) is 9.47 Å². The number of amides is 2. The van der Waals surface area contributed by atoms with Crippen LogP contribution in [0.25, 0.3) is 16.9 Å². The summed E-state index contributed by atoms with van der Waals surface area (Å²) in [5.74, 6) is 1.63. The molecule has 0 aliphatic heterocycles. The Morgan fingerprint density at radius 3 is 2.45 bits per heavy atom. The molecule has 0 spiro atoms. The molecule has 1 saturated carbocycles. The summed E-state index contributed by atoms with van der Waals surface area (Å²) < 4.78 is 12.6. The third-order valence-corrected chi connectivity index (χ3v) is 5.63. The van der Waals surface area contributed by atoms with Gasteiger partial charge in [-0.25, -0.2) is 4.98 Å². The van der Waals surface area contributed by atoms with Gasteiger partial charge in [-0.15, -0.1) is 0 Å². The van der Waals surface area contributed by atoms with Gasteiger partial charge in [0.25, 0.3) is 0 Å². The normalized spacial score (nSPS) is 12.8. The van der Waals surface area contributed by atoms with Crippen molar-refractivity contribution in [1.29, 1.82) is 0 Å². The minimum Gasteiger partial charge on any atom is -0.493 e. The molecule has 3 aromatic rings. The summed E-state index contributed by atoms with van der Waals surface area (Å²) in [6.45, 7) is 2.10. The number of rotatable bonds is 9. The van der Waals surface area contributed by atoms with Gasteiger partial charge in [0.1, 0.15) is 0 Å². The van der Waals surface area contributed by atoms with E-state index in [2.05, 4.69) is 10.3 Å². The molecule has 0 unspecified atom stereocenters. The van der Waals surface area contributed by atoms with E-state index >= 15 is 0 Å². The second kappa shape index (κ2) is 9.77. The van der Waals surface area contributed by atoms with Gasteiger partial charge in [0.05, 0.1) is 32.1 Å². The van der Waals surface area contributed by atoms with Crippen LogP contribution in [-0.4, -0.2) is 53.6 Å². The highest BCUT2D eigenvalue weighted by atomic mass is 16.5. The number of ether oxygens (including phenoxy) is 2. The summed E-state index contributed by atoms with van der Waals surface area (Å²) in [5, 5.41) is 2.89. The van der Waals surface area contributed by atoms with Crippen LogP contribution < -0.4 is 14.8 Å². The molecule has 1 aromatic heterocycles. The highest BCUT2D eigenvalue weighted by Gasteiger charge is 2.27. The standard InChI is InChI=1S/C25H28N4O4/c1-17(30)28(14-18-9-10-18)16-24(31)27-25-26-21(19-7-5-4-6-8-19)15-29(25)20-11-12-22(32-2)23(13-20)33-3/h4-8,11-13,15,18H,9-10,14,16H2,1-3H3,(H,26,27,31). The van der Waals surface area contributed by atoms with E-state index in [0.29, 0.717) is 35.6 Å². The van der Waals surface area contributed by atoms with Crippen molar-refractivity contribution in [2.45, 2.75) is 19.8 Å². The number of imidazole rings is 1. The van der Waals surface area contributed by atoms with Crippen LogP contribution >= 0.6 is 0 Å². The summed E-state index contributed by atoms with van der Waals surface area (Å²) in [6.07, 6.45) is 4.07. The fraction of sp³-hybridized carbons (Fsp3) is 0.320. The zero-order chi connectivity index (χ0) is 23.4. The lowest BCUT2D eigenvalue weighted by Gasteiger charge is -2.20. The van der Waals surface area contributed by atoms with Crippen LogP contribution in [0.4, 0.5) is 5.95 Å². The van der Waals surface area contributed by atoms with Gasteiger partial charge < -0.3 is 14.4 Å². The molecule has 8 heteroatoms. The highest BCUT2D eigenvalue weighted by Crippen LogP contribution is 2.32. The zero-order valence-electron chi connectivity index (χ0n) is 19.1. The molecule has 1 fully saturated rings. The van der Waals surface area contributed by atoms with Crippen molar-refractivity contribution in [2.24, 2.45) is 5.92 Å². The summed E-state index contributed by atoms with van der Waals surface area (Å²) >= 11 is 0. The van der Waals surface area contributed by atoms with E-state index in [1.165, 1.54) is 6.92 Å². The first-order valence-corrected chi connectivity index (χ1v) is 10.9. The van der Waals surface area contributed by atoms with Crippen molar-refractivity contribution in [3.05, 3.63) is 54.7 Å². The third kappa shape index (κ3) is 5.34. The van der Waals surface area contributed by atoms with Crippen LogP contribution in [0.2, 0.25) is 0 Å². The van der Waals surface area contributed by atoms with Gasteiger partial charge in [-0.1, -0.05) is 30.3 Å². The zero-order valence-corrected chi connectivity index (χ0v) is 19.1. The van der Waals surface area contributed by atoms with Crippen LogP contribution in [0, 0.1) is 5.92 Å². The summed E-state index contributed by atoms with van der Waals surface area (Å²) in [7, 11) is 3.15. The predicted molar refractivity (Wildman–Crippen MR) is 126 cm³/mol. The van der Waals surface area contributed by atoms with Crippen molar-refractivity contribution in [2.75, 3.05) is 32.6 Å². The van der Waals surface area contributed by atoms with Gasteiger partial charge in [-0.2, -0.15) is 0 Å². The summed E-state index contributed by atoms with van der Waals surface area (Å²) in [6, 6.07) is 15.2. The molecule has 4 rings (SSSR count). The maximum atomic E-state index is 12.9. The second-order valence-electron chi connectivity index (χ2n) is 8.12. The first-order valence-electron chi connectivity index (χ1n) is 10.9. The van der Waals surface area contributed by atoms with E-state index in [1.54, 1.807) is 29.8 Å². The van der Waals surface area contributed by atoms with Crippen molar-refractivity contribution in [3.63, 3.8) is 0 Å². The SMILES string of the molecule is COc1ccc(-n2cc(-c3ccccc3)nc2NC(=O)CN(CC2CC2)C(C)=O)cc1OC. The lowest BCUT2D eigenvalue weighted by atomic mass is 10.2. The molecule has 1 N–H and O–H groups in total. The molecule has 1 heterocycles. The number of carbonyl (C=O) groups excluding carboxylic acids is 2. The van der Waals surface area contributed by atoms with Crippen molar-refractivity contribution in [3.8, 4) is 28.4 Å². The summed E-state index contributed by atoms with van der Waals surface area (Å²) in [5.41, 5.74) is 2.38. The number of hydrogen-bond acceptors (Lipinski definition) is 5. The fourth-order valence-corrected chi connectivity index (χ4v) is 3.64. The Morgan fingerprint density at radius 2 is 1.82 bits per heavy atom. The molecule has 0 atom stereocenters. The lowest BCUT2D eigenvalue weighted by molar-refractivity contribution is -0.133. The number of benzene rings is 2. The Hall–Kier alpha value is -3.81. The molecule has 0 radical (unpaired) electrons. The van der Waals surface area contributed by atoms with Gasteiger partial charge in [0.2, 0.25) is 17.8 Å². The van der Waals surface area contributed by atoms with E-state index in [1.807, 2.05) is 48.7 Å². The smallest absolute Gasteiger partial charge is 0.246 e. The Balaban J connectivity index is 1.65. The molecule has 0 bridgehead atoms. The molecule has 1 aliphatic rings. The van der Waals surface area contributed by atoms with Gasteiger partial charge >= 0.3 is 0 Å². The van der Waals surface area contributed by atoms with Crippen molar-refractivity contribution >= 4 is 17.8 Å². The molecule has 33 heavy (non-hydrogen) atoms. The molecule has 1 aliphatic carbocycles. The Labute approximate surface area is 193 Å². The third-order valence-electron chi connectivity index (χ3n) is 5.63. The topological polar surface area (TPSA) is 85.7 Å². The first kappa shape index (κ1) is 22.4. The molecule has 2 aromatic carbocycles. The molecular formula is C25H28N4O4. The average Bonchev–Trinajstić information content (AvgIpc) is 3.55. The van der Waals surface area contributed by atoms with Gasteiger partial charge in [-0.3, -0.25) is 19.5 Å². The van der Waals surface area contributed by atoms with Crippen LogP contribution in [0.15, 0.2) is 54.7 Å². The first-order chi connectivity index (χ1) is 16.0. The fourth-order valence-electron chi connectivity index (χ4n) is 3.64. The van der Waals surface area contributed by atoms with E-state index in [9.17, 15) is 9.59 Å². The van der Waals surface area contributed by atoms with Crippen LogP contribution in [0.5, 0.6) is 11.5 Å². The Morgan fingerprint density at radius 1 is 1.09 bits per heavy atom. The number of hydrogen-bond donors (Lipinski definition) is 1. The van der Waals surface area contributed by atoms with Gasteiger partial charge in [0.15, 0.2) is 11.5 Å². The monoisotopic (exact) mass is 448 g/mol. The lowest BCUT2D eigenvalue weighted by Crippen LogP contribution is -2.38. The Bertz CT molecular complexity index is 1140. The van der Waals surface area contributed by atoms with Crippen LogP contribution in [0.1, 0.15) is 19.8 Å². The van der Waals surface area contributed by atoms with E-state index < -0.39 is 0 Å². The van der Waals surface area contributed by atoms with Crippen molar-refractivity contribution < 1.29 is 19.1 Å². The maximum absolute atomic E-state index is 12.9. The largest absolute Gasteiger partial charge is 0.493 e. The van der Waals surface area contributed by atoms with Crippen LogP contribution in [0.3, 0.4) is 0 Å². The van der Waals surface area contributed by atoms with E-state index in [0.717, 1.165) is 24.1 Å². The van der Waals surface area contributed by atoms with Gasteiger partial charge in [0, 0.05) is 31.3 Å². The number of carbonyl (C=O) groups is 2. The highest BCUT2D eigenvalue weighted by molar-refractivity contribution is 5.93. The molecule has 8 nitrogen and oxygen atoms in total. The molecular weight excluding hydrogens is 420 g/mol. The minimum absolute atomic E-state index is 0.00863. The predicted octanol–water partition coefficient (Wildman–Crippen LogP) is 3.75. The second-order valence-corrected chi connectivity index (χ2v) is 8.12. The molecule has 172 valence electrons. The number of nitrogens with one attached hydrogen (secondary N) is 1. The summed E-state index contributed by atoms with van der Waals surface area (Å²) in [4.78, 5) is 31.1. The number of anilines is 1. The van der Waals surface area contributed by atoms with Crippen molar-refractivity contribution in [1.82, 2.24) is 14.5 Å². The van der Waals surface area contributed by atoms with E-state index in [-0.39, 0.29) is 18.4 Å². The Kier molecular flexibility index (Phi) is 6.63. The molecule has 0 saturated heterocycles. The van der Waals surface area contributed by atoms with Crippen LogP contribution in [-0.2, 0) is 9.59 Å². The number of aromatic nitrogens is 2. The van der Waals surface area contributed by atoms with Gasteiger partial charge in [-0.05, 0) is 30.9 Å². The number of methoxy groups -OCH3 is 2. The maximum Gasteiger partial charge on any atom is 0.246 e. The number of nitrogens with zero attached hydrogens (tertiary/aromatic N) is 3. The quantitative estimate of drug-likeness (QED) is 0.539. The average molecular weight is 449 g/mol. The minimum atomic E-state index is -0.294.